The first-order valence-electron chi connectivity index (χ1n) is 12.5. The molecule has 3 aliphatic rings. The van der Waals surface area contributed by atoms with Crippen LogP contribution in [-0.4, -0.2) is 38.1 Å². The van der Waals surface area contributed by atoms with Crippen LogP contribution in [0.25, 0.3) is 0 Å². The maximum atomic E-state index is 11.3. The van der Waals surface area contributed by atoms with E-state index in [4.69, 9.17) is 9.15 Å². The molecular formula is C27H45F3N4O2. The number of carbonyl (C=O) groups excluding carboxylic acids is 1. The van der Waals surface area contributed by atoms with Gasteiger partial charge in [0.05, 0.1) is 0 Å². The Morgan fingerprint density at radius 2 is 1.83 bits per heavy atom. The lowest BCUT2D eigenvalue weighted by molar-refractivity contribution is -0.104. The summed E-state index contributed by atoms with van der Waals surface area (Å²) in [5.41, 5.74) is 3.96. The quantitative estimate of drug-likeness (QED) is 0.251. The van der Waals surface area contributed by atoms with Gasteiger partial charge in [0.15, 0.2) is 6.29 Å². The average Bonchev–Trinajstić information content (AvgIpc) is 3.62. The van der Waals surface area contributed by atoms with E-state index >= 15 is 0 Å². The van der Waals surface area contributed by atoms with Crippen LogP contribution < -0.4 is 21.3 Å². The van der Waals surface area contributed by atoms with E-state index in [-0.39, 0.29) is 6.13 Å². The number of rotatable bonds is 8. The number of nitrogens with one attached hydrogen (secondary N) is 4. The van der Waals surface area contributed by atoms with Crippen LogP contribution in [0.2, 0.25) is 0 Å². The number of halogens is 3. The molecule has 1 saturated carbocycles. The number of para-hydroxylation sites is 1. The van der Waals surface area contributed by atoms with Crippen molar-refractivity contribution < 1.29 is 25.2 Å². The summed E-state index contributed by atoms with van der Waals surface area (Å²) < 4.78 is 16.0. The smallest absolute Gasteiger partial charge is 0.151 e. The molecular weight excluding hydrogens is 469 g/mol. The molecule has 1 aromatic carbocycles. The fraction of sp³-hybridized carbons (Fsp3) is 0.593. The molecule has 1 saturated heterocycles. The van der Waals surface area contributed by atoms with Crippen molar-refractivity contribution in [3.8, 4) is 0 Å². The highest BCUT2D eigenvalue weighted by atomic mass is 20.0. The molecule has 0 aromatic heterocycles. The average molecular weight is 515 g/mol. The number of fused-ring (bicyclic) bond motifs is 1. The normalized spacial score (nSPS) is 22.8. The Labute approximate surface area is 214 Å². The zero-order valence-electron chi connectivity index (χ0n) is 22.1. The van der Waals surface area contributed by atoms with Crippen molar-refractivity contribution in [2.24, 2.45) is 17.3 Å². The van der Waals surface area contributed by atoms with Crippen LogP contribution >= 0.6 is 0 Å². The Morgan fingerprint density at radius 3 is 2.36 bits per heavy atom. The zero-order chi connectivity index (χ0) is 26.1. The van der Waals surface area contributed by atoms with Crippen LogP contribution in [0, 0.1) is 17.3 Å². The molecule has 0 spiro atoms. The van der Waals surface area contributed by atoms with Gasteiger partial charge in [-0.05, 0) is 76.1 Å². The van der Waals surface area contributed by atoms with E-state index in [1.165, 1.54) is 25.9 Å². The Bertz CT molecular complexity index is 902. The fourth-order valence-corrected chi connectivity index (χ4v) is 4.48. The summed E-state index contributed by atoms with van der Waals surface area (Å²) in [4.78, 5) is 11.3. The van der Waals surface area contributed by atoms with Crippen molar-refractivity contribution in [3.05, 3.63) is 52.7 Å². The molecule has 6 nitrogen and oxygen atoms in total. The molecule has 3 atom stereocenters. The van der Waals surface area contributed by atoms with Crippen molar-refractivity contribution in [2.75, 3.05) is 32.0 Å². The monoisotopic (exact) mass is 514 g/mol. The minimum absolute atomic E-state index is 0. The maximum Gasteiger partial charge on any atom is 0.151 e. The molecule has 0 amide bonds. The van der Waals surface area contributed by atoms with E-state index in [0.29, 0.717) is 23.8 Å². The van der Waals surface area contributed by atoms with Gasteiger partial charge in [-0.15, -0.1) is 0 Å². The first-order chi connectivity index (χ1) is 16.7. The molecule has 0 radical (unpaired) electrons. The molecule has 206 valence electrons. The molecule has 1 heterocycles. The van der Waals surface area contributed by atoms with Crippen LogP contribution in [-0.2, 0) is 17.1 Å². The Morgan fingerprint density at radius 1 is 1.19 bits per heavy atom. The molecule has 1 aliphatic heterocycles. The summed E-state index contributed by atoms with van der Waals surface area (Å²) in [7, 11) is 1.74. The Hall–Kier alpha value is -2.36. The van der Waals surface area contributed by atoms with E-state index in [2.05, 4.69) is 47.3 Å². The van der Waals surface area contributed by atoms with Crippen LogP contribution in [0.4, 0.5) is 19.5 Å². The third-order valence-electron chi connectivity index (χ3n) is 7.05. The molecule has 2 fully saturated rings. The minimum atomic E-state index is -1.12. The van der Waals surface area contributed by atoms with Crippen LogP contribution in [0.3, 0.4) is 0 Å². The lowest BCUT2D eigenvalue weighted by atomic mass is 9.83. The van der Waals surface area contributed by atoms with Crippen molar-refractivity contribution in [2.45, 2.75) is 59.2 Å². The molecule has 5 N–H and O–H groups in total. The molecule has 4 rings (SSSR count). The number of carbonyl (C=O) groups is 1. The number of hydrogen-bond acceptors (Lipinski definition) is 6. The number of benzene rings is 1. The maximum absolute atomic E-state index is 11.3. The molecule has 36 heavy (non-hydrogen) atoms. The number of hydrogen-bond donors (Lipinski definition) is 5. The van der Waals surface area contributed by atoms with Gasteiger partial charge in [0.25, 0.3) is 0 Å². The summed E-state index contributed by atoms with van der Waals surface area (Å²) >= 11 is 0. The highest BCUT2D eigenvalue weighted by Crippen LogP contribution is 2.45. The summed E-state index contributed by atoms with van der Waals surface area (Å²) in [5.74, 6) is 1.13. The van der Waals surface area contributed by atoms with Gasteiger partial charge in [-0.2, -0.15) is 0 Å². The van der Waals surface area contributed by atoms with Gasteiger partial charge in [0.1, 0.15) is 5.72 Å². The highest BCUT2D eigenvalue weighted by molar-refractivity contribution is 5.81. The first kappa shape index (κ1) is 31.7. The minimum Gasteiger partial charge on any atom is -0.385 e. The second-order valence-corrected chi connectivity index (χ2v) is 10.3. The predicted octanol–water partition coefficient (Wildman–Crippen LogP) is 4.89. The van der Waals surface area contributed by atoms with Gasteiger partial charge in [-0.1, -0.05) is 44.2 Å². The Balaban J connectivity index is 0.000000920. The second kappa shape index (κ2) is 14.4. The summed E-state index contributed by atoms with van der Waals surface area (Å²) in [6.07, 6.45) is 9.01. The standard InChI is InChI=1S/C20H27N3O2.C7H15N.F2.FH.H2/c1-4-22-19-13(6-5-7-17(19)20(2,25)21-3)11-23-18-10-15-8-14(15)9-16(18)12-24;1-7(2)3-5-8-6-4-7;1-2;;/h5-7,9-10,12,14-15,21-23,25H,4,8,11H2,1-3H3;8H,3-6H2,1-2H3;;2*1H. The SMILES string of the molecule is CC1(C)CCNCC1.CCNc1c(CNC2=CC3CC3C=C2C=O)cccc1C(C)(O)NC.F.FF.[HH]. The van der Waals surface area contributed by atoms with Crippen molar-refractivity contribution >= 4 is 12.0 Å². The number of anilines is 1. The van der Waals surface area contributed by atoms with Crippen molar-refractivity contribution in [3.63, 3.8) is 0 Å². The molecule has 3 unspecified atom stereocenters. The highest BCUT2D eigenvalue weighted by Gasteiger charge is 2.37. The van der Waals surface area contributed by atoms with E-state index in [1.807, 2.05) is 25.1 Å². The lowest BCUT2D eigenvalue weighted by Gasteiger charge is -2.29. The number of aliphatic hydroxyl groups is 1. The van der Waals surface area contributed by atoms with Gasteiger partial charge >= 0.3 is 0 Å². The summed E-state index contributed by atoms with van der Waals surface area (Å²) in [6.45, 7) is 12.2. The molecule has 1 aromatic rings. The third-order valence-corrected chi connectivity index (χ3v) is 7.05. The summed E-state index contributed by atoms with van der Waals surface area (Å²) in [6, 6.07) is 5.90. The molecule has 2 aliphatic carbocycles. The van der Waals surface area contributed by atoms with Crippen LogP contribution in [0.5, 0.6) is 0 Å². The largest absolute Gasteiger partial charge is 0.385 e. The van der Waals surface area contributed by atoms with E-state index in [1.54, 1.807) is 14.0 Å². The van der Waals surface area contributed by atoms with Crippen LogP contribution in [0.15, 0.2) is 41.6 Å². The van der Waals surface area contributed by atoms with Gasteiger partial charge in [0, 0.05) is 46.2 Å². The molecule has 0 bridgehead atoms. The van der Waals surface area contributed by atoms with Gasteiger partial charge < -0.3 is 21.1 Å². The predicted molar refractivity (Wildman–Crippen MR) is 143 cm³/mol. The van der Waals surface area contributed by atoms with E-state index < -0.39 is 5.72 Å². The second-order valence-electron chi connectivity index (χ2n) is 10.3. The van der Waals surface area contributed by atoms with E-state index in [9.17, 15) is 9.90 Å². The first-order valence-corrected chi connectivity index (χ1v) is 12.5. The zero-order valence-corrected chi connectivity index (χ0v) is 22.1. The number of aldehydes is 1. The van der Waals surface area contributed by atoms with Crippen molar-refractivity contribution in [1.29, 1.82) is 0 Å². The van der Waals surface area contributed by atoms with Gasteiger partial charge in [0.2, 0.25) is 0 Å². The van der Waals surface area contributed by atoms with E-state index in [0.717, 1.165) is 47.3 Å². The van der Waals surface area contributed by atoms with Gasteiger partial charge in [-0.25, -0.2) is 0 Å². The van der Waals surface area contributed by atoms with Gasteiger partial charge in [-0.3, -0.25) is 14.8 Å². The lowest BCUT2D eigenvalue weighted by Crippen LogP contribution is -2.37. The topological polar surface area (TPSA) is 85.4 Å². The molecule has 9 heteroatoms. The van der Waals surface area contributed by atoms with Crippen LogP contribution in [0.1, 0.15) is 59.5 Å². The third kappa shape index (κ3) is 8.64. The number of piperidine rings is 1. The Kier molecular flexibility index (Phi) is 12.7. The number of allylic oxidation sites excluding steroid dienone is 3. The fourth-order valence-electron chi connectivity index (χ4n) is 4.48. The van der Waals surface area contributed by atoms with Crippen molar-refractivity contribution in [1.82, 2.24) is 16.0 Å². The summed E-state index contributed by atoms with van der Waals surface area (Å²) in [5, 5.41) is 23.7.